The van der Waals surface area contributed by atoms with E-state index in [4.69, 9.17) is 16.3 Å². The maximum atomic E-state index is 12.5. The highest BCUT2D eigenvalue weighted by atomic mass is 35.5. The van der Waals surface area contributed by atoms with E-state index in [1.165, 1.54) is 12.1 Å². The molecule has 2 fully saturated rings. The van der Waals surface area contributed by atoms with Crippen LogP contribution in [-0.2, 0) is 19.1 Å². The average Bonchev–Trinajstić information content (AvgIpc) is 3.36. The van der Waals surface area contributed by atoms with E-state index >= 15 is 0 Å². The van der Waals surface area contributed by atoms with Crippen LogP contribution in [0.4, 0.5) is 5.69 Å². The fraction of sp³-hybridized carbons (Fsp3) is 0.368. The summed E-state index contributed by atoms with van der Waals surface area (Å²) in [5, 5.41) is 10.8. The number of nitro benzene ring substituents is 1. The Hall–Kier alpha value is -3.07. The first-order valence-corrected chi connectivity index (χ1v) is 9.32. The van der Waals surface area contributed by atoms with Crippen molar-refractivity contribution in [3.8, 4) is 0 Å². The number of nitrogens with zero attached hydrogens (tertiary/aromatic N) is 2. The standard InChI is InChI=1S/C19H15ClN2O7/c20-12-4-3-9(6-13(12)22(27)28)14(23)8-29-15(24)7-21-18(25)16-10-1-2-11(5-10)17(16)19(21)26/h1-4,6,10-11,16-17H,5,7-8H2/t10-,11-,16-,17-/m0/s1. The van der Waals surface area contributed by atoms with Gasteiger partial charge in [-0.1, -0.05) is 23.8 Å². The summed E-state index contributed by atoms with van der Waals surface area (Å²) < 4.78 is 4.89. The second-order valence-corrected chi connectivity index (χ2v) is 7.68. The number of carbonyl (C=O) groups is 4. The molecule has 1 saturated heterocycles. The Morgan fingerprint density at radius 1 is 1.17 bits per heavy atom. The zero-order chi connectivity index (χ0) is 20.9. The van der Waals surface area contributed by atoms with Gasteiger partial charge in [-0.3, -0.25) is 34.2 Å². The second-order valence-electron chi connectivity index (χ2n) is 7.27. The number of benzene rings is 1. The fourth-order valence-electron chi connectivity index (χ4n) is 4.35. The van der Waals surface area contributed by atoms with Crippen LogP contribution in [0.2, 0.25) is 5.02 Å². The maximum Gasteiger partial charge on any atom is 0.326 e. The molecular weight excluding hydrogens is 404 g/mol. The van der Waals surface area contributed by atoms with Crippen LogP contribution in [0.1, 0.15) is 16.8 Å². The molecular formula is C19H15ClN2O7. The van der Waals surface area contributed by atoms with Gasteiger partial charge in [0.2, 0.25) is 17.6 Å². The van der Waals surface area contributed by atoms with E-state index < -0.39 is 47.4 Å². The summed E-state index contributed by atoms with van der Waals surface area (Å²) in [6, 6.07) is 3.48. The minimum atomic E-state index is -0.899. The molecule has 2 amide bonds. The van der Waals surface area contributed by atoms with Gasteiger partial charge in [-0.25, -0.2) is 0 Å². The summed E-state index contributed by atoms with van der Waals surface area (Å²) in [6.45, 7) is -1.23. The van der Waals surface area contributed by atoms with E-state index in [-0.39, 0.29) is 34.2 Å². The Morgan fingerprint density at radius 3 is 2.38 bits per heavy atom. The van der Waals surface area contributed by atoms with Crippen molar-refractivity contribution in [3.05, 3.63) is 51.1 Å². The lowest BCUT2D eigenvalue weighted by atomic mass is 9.85. The molecule has 0 N–H and O–H groups in total. The van der Waals surface area contributed by atoms with Gasteiger partial charge in [-0.2, -0.15) is 0 Å². The summed E-state index contributed by atoms with van der Waals surface area (Å²) in [5.74, 6) is -3.10. The Labute approximate surface area is 169 Å². The number of rotatable bonds is 6. The van der Waals surface area contributed by atoms with Crippen molar-refractivity contribution in [2.24, 2.45) is 23.7 Å². The van der Waals surface area contributed by atoms with Crippen LogP contribution in [0.5, 0.6) is 0 Å². The monoisotopic (exact) mass is 418 g/mol. The van der Waals surface area contributed by atoms with E-state index in [0.717, 1.165) is 17.4 Å². The summed E-state index contributed by atoms with van der Waals surface area (Å²) in [6.07, 6.45) is 4.68. The van der Waals surface area contributed by atoms with Gasteiger partial charge in [0, 0.05) is 11.6 Å². The van der Waals surface area contributed by atoms with Crippen LogP contribution in [-0.4, -0.2) is 46.5 Å². The third-order valence-electron chi connectivity index (χ3n) is 5.68. The van der Waals surface area contributed by atoms with E-state index in [0.29, 0.717) is 0 Å². The molecule has 9 nitrogen and oxygen atoms in total. The SMILES string of the molecule is O=C(CN1C(=O)[C@@H]2[C@@H](C1=O)[C@H]1C=C[C@H]2C1)OCC(=O)c1ccc(Cl)c([N+](=O)[O-])c1. The smallest absolute Gasteiger partial charge is 0.326 e. The molecule has 0 unspecified atom stereocenters. The van der Waals surface area contributed by atoms with Crippen molar-refractivity contribution in [3.63, 3.8) is 0 Å². The molecule has 1 aliphatic heterocycles. The van der Waals surface area contributed by atoms with Crippen LogP contribution in [0, 0.1) is 33.8 Å². The number of amides is 2. The number of ether oxygens (including phenoxy) is 1. The van der Waals surface area contributed by atoms with Crippen LogP contribution < -0.4 is 0 Å². The number of Topliss-reactive ketones (excluding diaryl/α,β-unsaturated/α-hetero) is 1. The quantitative estimate of drug-likeness (QED) is 0.172. The van der Waals surface area contributed by atoms with Gasteiger partial charge in [-0.15, -0.1) is 0 Å². The largest absolute Gasteiger partial charge is 0.456 e. The zero-order valence-electron chi connectivity index (χ0n) is 14.9. The molecule has 1 heterocycles. The number of imide groups is 1. The molecule has 1 aromatic carbocycles. The number of allylic oxidation sites excluding steroid dienone is 2. The van der Waals surface area contributed by atoms with Gasteiger partial charge in [0.15, 0.2) is 6.61 Å². The summed E-state index contributed by atoms with van der Waals surface area (Å²) in [7, 11) is 0. The second kappa shape index (κ2) is 7.07. The third kappa shape index (κ3) is 3.21. The number of carbonyl (C=O) groups excluding carboxylic acids is 4. The van der Waals surface area contributed by atoms with E-state index in [1.54, 1.807) is 0 Å². The molecule has 4 rings (SSSR count). The highest BCUT2D eigenvalue weighted by Gasteiger charge is 2.59. The lowest BCUT2D eigenvalue weighted by Crippen LogP contribution is -2.38. The van der Waals surface area contributed by atoms with Crippen LogP contribution >= 0.6 is 11.6 Å². The summed E-state index contributed by atoms with van der Waals surface area (Å²) >= 11 is 5.70. The highest BCUT2D eigenvalue weighted by molar-refractivity contribution is 6.32. The predicted molar refractivity (Wildman–Crippen MR) is 97.8 cm³/mol. The Morgan fingerprint density at radius 2 is 1.79 bits per heavy atom. The molecule has 2 aliphatic carbocycles. The number of hydrogen-bond donors (Lipinski definition) is 0. The normalized spacial score (nSPS) is 26.7. The van der Waals surface area contributed by atoms with Gasteiger partial charge >= 0.3 is 5.97 Å². The molecule has 1 saturated carbocycles. The third-order valence-corrected chi connectivity index (χ3v) is 6.00. The first-order chi connectivity index (χ1) is 13.8. The Bertz CT molecular complexity index is 959. The van der Waals surface area contributed by atoms with Crippen LogP contribution in [0.3, 0.4) is 0 Å². The van der Waals surface area contributed by atoms with Gasteiger partial charge in [0.05, 0.1) is 16.8 Å². The molecule has 1 aromatic rings. The number of esters is 1. The Kier molecular flexibility index (Phi) is 4.70. The van der Waals surface area contributed by atoms with E-state index in [2.05, 4.69) is 0 Å². The van der Waals surface area contributed by atoms with Crippen molar-refractivity contribution in [1.29, 1.82) is 0 Å². The number of nitro groups is 1. The number of likely N-dealkylation sites (tertiary alicyclic amines) is 1. The van der Waals surface area contributed by atoms with Crippen molar-refractivity contribution in [2.75, 3.05) is 13.2 Å². The van der Waals surface area contributed by atoms with Crippen LogP contribution in [0.25, 0.3) is 0 Å². The molecule has 2 bridgehead atoms. The number of fused-ring (bicyclic) bond motifs is 5. The highest BCUT2D eigenvalue weighted by Crippen LogP contribution is 2.52. The van der Waals surface area contributed by atoms with Gasteiger partial charge < -0.3 is 4.74 Å². The first kappa shape index (κ1) is 19.3. The topological polar surface area (TPSA) is 124 Å². The zero-order valence-corrected chi connectivity index (χ0v) is 15.7. The van der Waals surface area contributed by atoms with Crippen molar-refractivity contribution < 1.29 is 28.8 Å². The first-order valence-electron chi connectivity index (χ1n) is 8.94. The minimum Gasteiger partial charge on any atom is -0.456 e. The number of hydrogen-bond acceptors (Lipinski definition) is 7. The predicted octanol–water partition coefficient (Wildman–Crippen LogP) is 1.78. The molecule has 150 valence electrons. The molecule has 0 aromatic heterocycles. The number of halogens is 1. The average molecular weight is 419 g/mol. The Balaban J connectivity index is 1.36. The molecule has 3 aliphatic rings. The lowest BCUT2D eigenvalue weighted by Gasteiger charge is -2.16. The molecule has 4 atom stereocenters. The van der Waals surface area contributed by atoms with Crippen molar-refractivity contribution in [1.82, 2.24) is 4.90 Å². The maximum absolute atomic E-state index is 12.5. The van der Waals surface area contributed by atoms with Crippen molar-refractivity contribution >= 4 is 40.9 Å². The molecule has 0 radical (unpaired) electrons. The van der Waals surface area contributed by atoms with Gasteiger partial charge in [-0.05, 0) is 30.4 Å². The van der Waals surface area contributed by atoms with E-state index in [1.807, 2.05) is 12.2 Å². The minimum absolute atomic E-state index is 0.0322. The van der Waals surface area contributed by atoms with Gasteiger partial charge in [0.1, 0.15) is 11.6 Å². The summed E-state index contributed by atoms with van der Waals surface area (Å²) in [5.41, 5.74) is -0.480. The molecule has 10 heteroatoms. The van der Waals surface area contributed by atoms with Crippen molar-refractivity contribution in [2.45, 2.75) is 6.42 Å². The van der Waals surface area contributed by atoms with Gasteiger partial charge in [0.25, 0.3) is 5.69 Å². The van der Waals surface area contributed by atoms with Crippen LogP contribution in [0.15, 0.2) is 30.4 Å². The fourth-order valence-corrected chi connectivity index (χ4v) is 4.54. The lowest BCUT2D eigenvalue weighted by molar-refractivity contribution is -0.384. The molecule has 0 spiro atoms. The number of ketones is 1. The summed E-state index contributed by atoms with van der Waals surface area (Å²) in [4.78, 5) is 60.4. The molecule has 29 heavy (non-hydrogen) atoms. The van der Waals surface area contributed by atoms with E-state index in [9.17, 15) is 29.3 Å².